The summed E-state index contributed by atoms with van der Waals surface area (Å²) in [4.78, 5) is 11.6. The van der Waals surface area contributed by atoms with Crippen LogP contribution >= 0.6 is 0 Å². The second kappa shape index (κ2) is 6.66. The third-order valence-corrected chi connectivity index (χ3v) is 5.51. The van der Waals surface area contributed by atoms with E-state index >= 15 is 0 Å². The molecule has 3 atom stereocenters. The number of amides is 1. The zero-order valence-corrected chi connectivity index (χ0v) is 12.7. The fourth-order valence-electron chi connectivity index (χ4n) is 2.75. The minimum atomic E-state index is -1.08. The number of carbonyl (C=O) groups excluding carboxylic acids is 1. The summed E-state index contributed by atoms with van der Waals surface area (Å²) in [6, 6.07) is 0.234. The van der Waals surface area contributed by atoms with E-state index in [1.54, 1.807) is 0 Å². The molecule has 0 aromatic carbocycles. The fraction of sp³-hybridized carbons (Fsp3) is 0.923. The van der Waals surface area contributed by atoms with E-state index in [0.29, 0.717) is 6.54 Å². The average Bonchev–Trinajstić information content (AvgIpc) is 2.61. The summed E-state index contributed by atoms with van der Waals surface area (Å²) in [6.07, 6.45) is 2.91. The number of rotatable bonds is 6. The Labute approximate surface area is 113 Å². The van der Waals surface area contributed by atoms with E-state index in [9.17, 15) is 9.00 Å². The van der Waals surface area contributed by atoms with Crippen LogP contribution in [-0.4, -0.2) is 40.8 Å². The van der Waals surface area contributed by atoms with Gasteiger partial charge in [0.2, 0.25) is 5.91 Å². The number of carbonyl (C=O) groups is 1. The molecule has 0 heterocycles. The van der Waals surface area contributed by atoms with E-state index in [4.69, 9.17) is 0 Å². The minimum Gasteiger partial charge on any atom is -0.355 e. The maximum absolute atomic E-state index is 12.3. The van der Waals surface area contributed by atoms with Gasteiger partial charge in [-0.25, -0.2) is 0 Å². The molecule has 1 rings (SSSR count). The van der Waals surface area contributed by atoms with Crippen molar-refractivity contribution >= 4 is 16.7 Å². The molecule has 1 saturated carbocycles. The highest BCUT2D eigenvalue weighted by molar-refractivity contribution is 7.86. The van der Waals surface area contributed by atoms with Gasteiger partial charge in [-0.2, -0.15) is 0 Å². The molecule has 0 radical (unpaired) electrons. The van der Waals surface area contributed by atoms with Crippen molar-refractivity contribution in [3.63, 3.8) is 0 Å². The molecule has 0 saturated heterocycles. The predicted molar refractivity (Wildman–Crippen MR) is 76.0 cm³/mol. The molecule has 1 amide bonds. The summed E-state index contributed by atoms with van der Waals surface area (Å²) in [6.45, 7) is 7.07. The zero-order valence-electron chi connectivity index (χ0n) is 11.9. The molecule has 2 N–H and O–H groups in total. The molecule has 1 aliphatic carbocycles. The molecule has 0 spiro atoms. The highest BCUT2D eigenvalue weighted by Gasteiger charge is 2.43. The monoisotopic (exact) mass is 274 g/mol. The Kier molecular flexibility index (Phi) is 5.79. The minimum absolute atomic E-state index is 0.0882. The van der Waals surface area contributed by atoms with E-state index in [2.05, 4.69) is 24.5 Å². The average molecular weight is 274 g/mol. The Bertz CT molecular complexity index is 318. The summed E-state index contributed by atoms with van der Waals surface area (Å²) in [5.41, 5.74) is 0.162. The second-order valence-electron chi connectivity index (χ2n) is 5.71. The third-order valence-electron chi connectivity index (χ3n) is 3.78. The normalized spacial score (nSPS) is 28.0. The lowest BCUT2D eigenvalue weighted by atomic mass is 9.87. The van der Waals surface area contributed by atoms with Crippen LogP contribution in [0.3, 0.4) is 0 Å². The summed E-state index contributed by atoms with van der Waals surface area (Å²) in [7, 11) is 0.836. The van der Waals surface area contributed by atoms with E-state index in [1.165, 1.54) is 0 Å². The molecule has 4 nitrogen and oxygen atoms in total. The first-order valence-corrected chi connectivity index (χ1v) is 8.11. The lowest BCUT2D eigenvalue weighted by molar-refractivity contribution is -0.118. The van der Waals surface area contributed by atoms with Crippen LogP contribution in [-0.2, 0) is 15.6 Å². The molecule has 0 bridgehead atoms. The zero-order chi connectivity index (χ0) is 13.8. The number of nitrogens with one attached hydrogen (secondary N) is 2. The topological polar surface area (TPSA) is 58.2 Å². The van der Waals surface area contributed by atoms with Gasteiger partial charge in [-0.3, -0.25) is 9.00 Å². The molecule has 18 heavy (non-hydrogen) atoms. The van der Waals surface area contributed by atoms with Crippen molar-refractivity contribution in [1.82, 2.24) is 10.6 Å². The van der Waals surface area contributed by atoms with Crippen LogP contribution in [0.2, 0.25) is 0 Å². The Morgan fingerprint density at radius 1 is 1.44 bits per heavy atom. The number of hydrogen-bond donors (Lipinski definition) is 2. The Morgan fingerprint density at radius 2 is 2.11 bits per heavy atom. The van der Waals surface area contributed by atoms with Crippen LogP contribution in [0, 0.1) is 5.41 Å². The van der Waals surface area contributed by atoms with Gasteiger partial charge in [-0.05, 0) is 31.7 Å². The molecule has 0 aromatic heterocycles. The fourth-order valence-corrected chi connectivity index (χ4v) is 4.51. The van der Waals surface area contributed by atoms with Gasteiger partial charge in [0.05, 0.1) is 5.25 Å². The van der Waals surface area contributed by atoms with E-state index < -0.39 is 10.8 Å². The van der Waals surface area contributed by atoms with Gasteiger partial charge in [-0.1, -0.05) is 20.8 Å². The van der Waals surface area contributed by atoms with Gasteiger partial charge in [0.15, 0.2) is 0 Å². The smallest absolute Gasteiger partial charge is 0.232 e. The van der Waals surface area contributed by atoms with Crippen LogP contribution < -0.4 is 10.6 Å². The Morgan fingerprint density at radius 3 is 2.67 bits per heavy atom. The molecule has 0 aromatic rings. The molecular weight excluding hydrogens is 248 g/mol. The molecule has 106 valence electrons. The predicted octanol–water partition coefficient (Wildman–Crippen LogP) is 1.04. The molecule has 0 aliphatic heterocycles. The van der Waals surface area contributed by atoms with Crippen LogP contribution in [0.1, 0.15) is 40.0 Å². The van der Waals surface area contributed by atoms with E-state index in [-0.39, 0.29) is 28.4 Å². The molecule has 5 heteroatoms. The van der Waals surface area contributed by atoms with Crippen molar-refractivity contribution in [1.29, 1.82) is 0 Å². The Balaban J connectivity index is 2.54. The van der Waals surface area contributed by atoms with Crippen LogP contribution in [0.15, 0.2) is 0 Å². The van der Waals surface area contributed by atoms with Gasteiger partial charge >= 0.3 is 0 Å². The van der Waals surface area contributed by atoms with Crippen molar-refractivity contribution in [3.05, 3.63) is 0 Å². The van der Waals surface area contributed by atoms with Crippen molar-refractivity contribution in [2.75, 3.05) is 19.3 Å². The molecular formula is C13H26N2O2S. The van der Waals surface area contributed by atoms with Gasteiger partial charge < -0.3 is 10.6 Å². The van der Waals surface area contributed by atoms with Crippen molar-refractivity contribution in [2.45, 2.75) is 51.3 Å². The van der Waals surface area contributed by atoms with Gasteiger partial charge in [0, 0.05) is 23.4 Å². The summed E-state index contributed by atoms with van der Waals surface area (Å²) in [5, 5.41) is 6.16. The van der Waals surface area contributed by atoms with Crippen molar-refractivity contribution < 1.29 is 9.00 Å². The lowest BCUT2D eigenvalue weighted by Gasteiger charge is -2.29. The molecule has 1 aliphatic rings. The maximum atomic E-state index is 12.3. The first-order chi connectivity index (χ1) is 8.42. The summed E-state index contributed by atoms with van der Waals surface area (Å²) in [5.74, 6) is 0.0496. The first kappa shape index (κ1) is 15.6. The third kappa shape index (κ3) is 3.79. The quantitative estimate of drug-likeness (QED) is 0.761. The second-order valence-corrected chi connectivity index (χ2v) is 7.36. The highest BCUT2D eigenvalue weighted by Crippen LogP contribution is 2.39. The summed E-state index contributed by atoms with van der Waals surface area (Å²) < 4.78 is 12.3. The van der Waals surface area contributed by atoms with Gasteiger partial charge in [0.1, 0.15) is 5.75 Å². The maximum Gasteiger partial charge on any atom is 0.232 e. The van der Waals surface area contributed by atoms with Crippen molar-refractivity contribution in [3.8, 4) is 0 Å². The van der Waals surface area contributed by atoms with Crippen LogP contribution in [0.5, 0.6) is 0 Å². The van der Waals surface area contributed by atoms with Crippen LogP contribution in [0.4, 0.5) is 0 Å². The largest absolute Gasteiger partial charge is 0.355 e. The lowest BCUT2D eigenvalue weighted by Crippen LogP contribution is -2.45. The number of hydrogen-bond acceptors (Lipinski definition) is 3. The van der Waals surface area contributed by atoms with Gasteiger partial charge in [0.25, 0.3) is 0 Å². The summed E-state index contributed by atoms with van der Waals surface area (Å²) >= 11 is 0. The van der Waals surface area contributed by atoms with E-state index in [1.807, 2.05) is 14.0 Å². The Hall–Kier alpha value is -0.420. The molecule has 3 unspecified atom stereocenters. The van der Waals surface area contributed by atoms with Crippen LogP contribution in [0.25, 0.3) is 0 Å². The van der Waals surface area contributed by atoms with Gasteiger partial charge in [-0.15, -0.1) is 0 Å². The highest BCUT2D eigenvalue weighted by atomic mass is 32.2. The van der Waals surface area contributed by atoms with E-state index in [0.717, 1.165) is 19.3 Å². The molecule has 1 fully saturated rings. The first-order valence-electron chi connectivity index (χ1n) is 6.73. The standard InChI is InChI=1S/C13H26N2O2S/c1-5-8-15-11(16)9-18(17)10-6-7-13(2,3)12(10)14-4/h10,12,14H,5-9H2,1-4H3,(H,15,16). The van der Waals surface area contributed by atoms with Crippen molar-refractivity contribution in [2.24, 2.45) is 5.41 Å². The SMILES string of the molecule is CCCNC(=O)CS(=O)C1CCC(C)(C)C1NC.